The third-order valence-corrected chi connectivity index (χ3v) is 6.28. The van der Waals surface area contributed by atoms with Crippen LogP contribution in [0.1, 0.15) is 18.2 Å². The molecule has 0 N–H and O–H groups in total. The molecule has 1 atom stereocenters. The number of aromatic nitrogens is 9. The molecule has 0 aliphatic carbocycles. The summed E-state index contributed by atoms with van der Waals surface area (Å²) in [6.45, 7) is -3.28. The number of rotatable bonds is 9. The van der Waals surface area contributed by atoms with Crippen molar-refractivity contribution in [3.63, 3.8) is 0 Å². The number of hydrogen-bond donors (Lipinski definition) is 0. The number of aryl methyl sites for hydroxylation is 1. The Morgan fingerprint density at radius 2 is 1.79 bits per heavy atom. The van der Waals surface area contributed by atoms with Crippen molar-refractivity contribution in [2.45, 2.75) is 19.1 Å². The van der Waals surface area contributed by atoms with Gasteiger partial charge in [0.2, 0.25) is 0 Å². The fraction of sp³-hybridized carbons (Fsp3) is 0.217. The minimum atomic E-state index is -2.96. The lowest BCUT2D eigenvalue weighted by molar-refractivity contribution is -0.130. The Bertz CT molecular complexity index is 1580. The molecule has 4 aromatic heterocycles. The van der Waals surface area contributed by atoms with Crippen LogP contribution in [0.5, 0.6) is 0 Å². The molecule has 0 radical (unpaired) electrons. The van der Waals surface area contributed by atoms with Crippen LogP contribution in [-0.4, -0.2) is 58.0 Å². The highest BCUT2D eigenvalue weighted by atomic mass is 35.5. The van der Waals surface area contributed by atoms with Crippen molar-refractivity contribution in [3.8, 4) is 28.1 Å². The summed E-state index contributed by atoms with van der Waals surface area (Å²) in [5.74, 6) is -1.49. The molecular formula is C23H17Cl2F4N9O. The monoisotopic (exact) mass is 581 g/mol. The molecule has 0 aliphatic rings. The maximum Gasteiger partial charge on any atom is 0.345 e. The first kappa shape index (κ1) is 26.7. The van der Waals surface area contributed by atoms with Crippen LogP contribution in [0.25, 0.3) is 28.1 Å². The van der Waals surface area contributed by atoms with Gasteiger partial charge in [-0.1, -0.05) is 44.8 Å². The van der Waals surface area contributed by atoms with Gasteiger partial charge in [0.1, 0.15) is 5.69 Å². The molecule has 1 unspecified atom stereocenters. The van der Waals surface area contributed by atoms with Crippen LogP contribution in [0.15, 0.2) is 49.1 Å². The van der Waals surface area contributed by atoms with Gasteiger partial charge in [0.25, 0.3) is 5.95 Å². The fourth-order valence-corrected chi connectivity index (χ4v) is 4.35. The zero-order valence-electron chi connectivity index (χ0n) is 19.9. The van der Waals surface area contributed by atoms with Gasteiger partial charge in [0, 0.05) is 36.1 Å². The number of benzene rings is 1. The van der Waals surface area contributed by atoms with Gasteiger partial charge >= 0.3 is 6.61 Å². The van der Waals surface area contributed by atoms with Crippen LogP contribution in [0.2, 0.25) is 10.2 Å². The van der Waals surface area contributed by atoms with Gasteiger partial charge in [0.15, 0.2) is 11.0 Å². The van der Waals surface area contributed by atoms with Gasteiger partial charge in [-0.05, 0) is 24.6 Å². The molecule has 0 saturated carbocycles. The second-order valence-corrected chi connectivity index (χ2v) is 9.00. The topological polar surface area (TPSA) is 101 Å². The molecular weight excluding hydrogens is 565 g/mol. The maximum atomic E-state index is 15.2. The predicted molar refractivity (Wildman–Crippen MR) is 131 cm³/mol. The third-order valence-electron chi connectivity index (χ3n) is 5.82. The smallest absolute Gasteiger partial charge is 0.323 e. The summed E-state index contributed by atoms with van der Waals surface area (Å²) in [4.78, 5) is 4.46. The molecule has 0 fully saturated rings. The van der Waals surface area contributed by atoms with Crippen LogP contribution in [0, 0.1) is 11.8 Å². The van der Waals surface area contributed by atoms with E-state index in [1.54, 1.807) is 18.2 Å². The van der Waals surface area contributed by atoms with Crippen molar-refractivity contribution in [2.75, 3.05) is 6.61 Å². The van der Waals surface area contributed by atoms with E-state index in [-0.39, 0.29) is 34.5 Å². The quantitative estimate of drug-likeness (QED) is 0.222. The first-order chi connectivity index (χ1) is 18.7. The molecule has 0 spiro atoms. The molecule has 39 heavy (non-hydrogen) atoms. The molecule has 0 amide bonds. The Morgan fingerprint density at radius 1 is 0.974 bits per heavy atom. The average Bonchev–Trinajstić information content (AvgIpc) is 3.64. The largest absolute Gasteiger partial charge is 0.345 e. The molecule has 16 heteroatoms. The lowest BCUT2D eigenvalue weighted by Gasteiger charge is -2.18. The number of hydrogen-bond acceptors (Lipinski definition) is 7. The standard InChI is InChI=1S/C23H17Cl2F4N9O/c1-36-21(22(27)33-34-36)13-9-31-37(10-13)16(6-7-39-23(28)29)15-4-2-12(8-30-15)19-17(5-3-14(24)20(19)26)38-11-18(25)32-35-38/h2-5,8-11,16,23H,6-7H2,1H3. The van der Waals surface area contributed by atoms with Gasteiger partial charge in [-0.3, -0.25) is 9.67 Å². The Labute approximate surface area is 227 Å². The highest BCUT2D eigenvalue weighted by Crippen LogP contribution is 2.34. The molecule has 202 valence electrons. The summed E-state index contributed by atoms with van der Waals surface area (Å²) in [5, 5.41) is 18.9. The Kier molecular flexibility index (Phi) is 7.59. The summed E-state index contributed by atoms with van der Waals surface area (Å²) in [6.07, 6.45) is 5.78. The number of nitrogens with zero attached hydrogens (tertiary/aromatic N) is 9. The lowest BCUT2D eigenvalue weighted by Crippen LogP contribution is -2.16. The van der Waals surface area contributed by atoms with Crippen molar-refractivity contribution in [1.82, 2.24) is 44.8 Å². The number of pyridine rings is 1. The van der Waals surface area contributed by atoms with Gasteiger partial charge in [-0.2, -0.15) is 18.3 Å². The van der Waals surface area contributed by atoms with Crippen molar-refractivity contribution >= 4 is 23.2 Å². The normalized spacial score (nSPS) is 12.4. The first-order valence-corrected chi connectivity index (χ1v) is 12.0. The summed E-state index contributed by atoms with van der Waals surface area (Å²) < 4.78 is 63.1. The molecule has 0 saturated heterocycles. The minimum absolute atomic E-state index is 0.0537. The van der Waals surface area contributed by atoms with E-state index in [1.165, 1.54) is 51.9 Å². The van der Waals surface area contributed by atoms with Gasteiger partial charge in [-0.25, -0.2) is 13.8 Å². The van der Waals surface area contributed by atoms with E-state index in [9.17, 15) is 13.2 Å². The van der Waals surface area contributed by atoms with Crippen LogP contribution in [0.3, 0.4) is 0 Å². The van der Waals surface area contributed by atoms with Crippen molar-refractivity contribution in [3.05, 3.63) is 76.7 Å². The molecule has 0 aliphatic heterocycles. The van der Waals surface area contributed by atoms with E-state index < -0.39 is 24.4 Å². The minimum Gasteiger partial charge on any atom is -0.323 e. The van der Waals surface area contributed by atoms with Crippen LogP contribution in [0.4, 0.5) is 17.6 Å². The third kappa shape index (κ3) is 5.48. The zero-order chi connectivity index (χ0) is 27.7. The predicted octanol–water partition coefficient (Wildman–Crippen LogP) is 5.13. The SMILES string of the molecule is Cn1nnc(F)c1-c1cnn(C(CCOC(F)F)c2ccc(-c3c(-n4cc(Cl)nn4)ccc(Cl)c3F)cn2)c1. The molecule has 1 aromatic carbocycles. The summed E-state index contributed by atoms with van der Waals surface area (Å²) >= 11 is 11.9. The molecule has 10 nitrogen and oxygen atoms in total. The van der Waals surface area contributed by atoms with Crippen molar-refractivity contribution < 1.29 is 22.3 Å². The molecule has 4 heterocycles. The average molecular weight is 582 g/mol. The van der Waals surface area contributed by atoms with Crippen molar-refractivity contribution in [1.29, 1.82) is 0 Å². The van der Waals surface area contributed by atoms with E-state index in [0.717, 1.165) is 0 Å². The highest BCUT2D eigenvalue weighted by molar-refractivity contribution is 6.31. The highest BCUT2D eigenvalue weighted by Gasteiger charge is 2.22. The van der Waals surface area contributed by atoms with E-state index >= 15 is 4.39 Å². The first-order valence-electron chi connectivity index (χ1n) is 11.2. The van der Waals surface area contributed by atoms with Crippen LogP contribution in [-0.2, 0) is 11.8 Å². The Hall–Kier alpha value is -3.88. The van der Waals surface area contributed by atoms with Gasteiger partial charge in [0.05, 0.1) is 41.4 Å². The van der Waals surface area contributed by atoms with E-state index in [0.29, 0.717) is 22.5 Å². The van der Waals surface area contributed by atoms with E-state index in [4.69, 9.17) is 23.2 Å². The lowest BCUT2D eigenvalue weighted by atomic mass is 10.0. The van der Waals surface area contributed by atoms with E-state index in [1.807, 2.05) is 0 Å². The number of ether oxygens (including phenoxy) is 1. The summed E-state index contributed by atoms with van der Waals surface area (Å²) in [6, 6.07) is 5.43. The number of halogens is 6. The van der Waals surface area contributed by atoms with Gasteiger partial charge < -0.3 is 4.74 Å². The van der Waals surface area contributed by atoms with Crippen LogP contribution >= 0.6 is 23.2 Å². The summed E-state index contributed by atoms with van der Waals surface area (Å²) in [7, 11) is 1.52. The second-order valence-electron chi connectivity index (χ2n) is 8.21. The fourth-order valence-electron chi connectivity index (χ4n) is 4.07. The Balaban J connectivity index is 1.51. The van der Waals surface area contributed by atoms with Gasteiger partial charge in [-0.15, -0.1) is 5.10 Å². The van der Waals surface area contributed by atoms with E-state index in [2.05, 4.69) is 35.4 Å². The van der Waals surface area contributed by atoms with Crippen molar-refractivity contribution in [2.24, 2.45) is 7.05 Å². The molecule has 0 bridgehead atoms. The summed E-state index contributed by atoms with van der Waals surface area (Å²) in [5.41, 5.74) is 1.64. The zero-order valence-corrected chi connectivity index (χ0v) is 21.4. The molecule has 5 aromatic rings. The second kappa shape index (κ2) is 11.1. The van der Waals surface area contributed by atoms with Crippen LogP contribution < -0.4 is 0 Å². The molecule has 5 rings (SSSR count). The maximum absolute atomic E-state index is 15.2. The Morgan fingerprint density at radius 3 is 2.44 bits per heavy atom. The number of alkyl halides is 2.